The lowest BCUT2D eigenvalue weighted by atomic mass is 10.2. The number of hydrogen-bond donors (Lipinski definition) is 1. The van der Waals surface area contributed by atoms with Crippen molar-refractivity contribution in [3.8, 4) is 0 Å². The summed E-state index contributed by atoms with van der Waals surface area (Å²) >= 11 is 12.3. The van der Waals surface area contributed by atoms with E-state index >= 15 is 0 Å². The van der Waals surface area contributed by atoms with E-state index in [1.165, 1.54) is 0 Å². The Labute approximate surface area is 162 Å². The fourth-order valence-electron chi connectivity index (χ4n) is 3.09. The number of piperazine rings is 1. The van der Waals surface area contributed by atoms with Crippen molar-refractivity contribution >= 4 is 51.6 Å². The minimum absolute atomic E-state index is 0.529. The van der Waals surface area contributed by atoms with Crippen LogP contribution in [0, 0.1) is 0 Å². The number of hydrogen-bond acceptors (Lipinski definition) is 5. The van der Waals surface area contributed by atoms with Gasteiger partial charge in [0.05, 0.1) is 16.2 Å². The van der Waals surface area contributed by atoms with Gasteiger partial charge in [-0.15, -0.1) is 0 Å². The predicted molar refractivity (Wildman–Crippen MR) is 109 cm³/mol. The maximum Gasteiger partial charge on any atom is 0.229 e. The quantitative estimate of drug-likeness (QED) is 0.719. The van der Waals surface area contributed by atoms with Gasteiger partial charge in [-0.05, 0) is 37.4 Å². The molecule has 1 saturated heterocycles. The Morgan fingerprint density at radius 3 is 2.50 bits per heavy atom. The normalized spacial score (nSPS) is 15.4. The number of fused-ring (bicyclic) bond motifs is 1. The molecule has 1 aliphatic rings. The number of anilines is 3. The molecule has 7 heteroatoms. The van der Waals surface area contributed by atoms with Crippen LogP contribution in [0.5, 0.6) is 0 Å². The van der Waals surface area contributed by atoms with E-state index in [2.05, 4.69) is 33.2 Å². The molecule has 134 valence electrons. The fourth-order valence-corrected chi connectivity index (χ4v) is 3.54. The summed E-state index contributed by atoms with van der Waals surface area (Å²) < 4.78 is 0. The molecule has 1 aromatic heterocycles. The third-order valence-electron chi connectivity index (χ3n) is 4.56. The van der Waals surface area contributed by atoms with E-state index in [0.717, 1.165) is 48.6 Å². The van der Waals surface area contributed by atoms with Gasteiger partial charge in [0.15, 0.2) is 0 Å². The highest BCUT2D eigenvalue weighted by atomic mass is 35.5. The summed E-state index contributed by atoms with van der Waals surface area (Å²) in [6.07, 6.45) is 0. The molecule has 4 rings (SSSR count). The number of nitrogens with zero attached hydrogens (tertiary/aromatic N) is 4. The number of nitrogens with one attached hydrogen (secondary N) is 1. The van der Waals surface area contributed by atoms with Crippen molar-refractivity contribution in [2.24, 2.45) is 0 Å². The minimum atomic E-state index is 0.529. The lowest BCUT2D eigenvalue weighted by molar-refractivity contribution is 0.312. The summed E-state index contributed by atoms with van der Waals surface area (Å²) in [6, 6.07) is 13.4. The molecule has 0 amide bonds. The zero-order valence-corrected chi connectivity index (χ0v) is 15.9. The molecule has 2 heterocycles. The Bertz CT molecular complexity index is 938. The van der Waals surface area contributed by atoms with Crippen molar-refractivity contribution in [3.05, 3.63) is 52.5 Å². The lowest BCUT2D eigenvalue weighted by Crippen LogP contribution is -2.45. The van der Waals surface area contributed by atoms with Gasteiger partial charge in [-0.3, -0.25) is 0 Å². The summed E-state index contributed by atoms with van der Waals surface area (Å²) in [6.45, 7) is 3.92. The molecule has 1 N–H and O–H groups in total. The van der Waals surface area contributed by atoms with Crippen LogP contribution in [0.3, 0.4) is 0 Å². The number of halogens is 2. The Morgan fingerprint density at radius 1 is 0.962 bits per heavy atom. The Morgan fingerprint density at radius 2 is 1.73 bits per heavy atom. The lowest BCUT2D eigenvalue weighted by Gasteiger charge is -2.33. The number of likely N-dealkylation sites (N-methyl/N-ethyl adjacent to an activating group) is 1. The molecule has 2 aromatic carbocycles. The number of rotatable bonds is 3. The van der Waals surface area contributed by atoms with Gasteiger partial charge in [0.2, 0.25) is 5.95 Å². The molecule has 0 spiro atoms. The van der Waals surface area contributed by atoms with Crippen molar-refractivity contribution in [3.63, 3.8) is 0 Å². The summed E-state index contributed by atoms with van der Waals surface area (Å²) in [7, 11) is 2.14. The first kappa shape index (κ1) is 17.3. The first-order chi connectivity index (χ1) is 12.6. The first-order valence-corrected chi connectivity index (χ1v) is 9.28. The van der Waals surface area contributed by atoms with Crippen molar-refractivity contribution in [1.29, 1.82) is 0 Å². The van der Waals surface area contributed by atoms with Crippen LogP contribution in [-0.2, 0) is 0 Å². The van der Waals surface area contributed by atoms with E-state index in [1.54, 1.807) is 12.1 Å². The molecule has 0 radical (unpaired) electrons. The molecule has 0 unspecified atom stereocenters. The highest BCUT2D eigenvalue weighted by molar-refractivity contribution is 6.36. The number of benzene rings is 2. The average Bonchev–Trinajstić information content (AvgIpc) is 2.64. The Balaban J connectivity index is 1.73. The van der Waals surface area contributed by atoms with E-state index in [4.69, 9.17) is 28.2 Å². The third kappa shape index (κ3) is 3.56. The molecule has 3 aromatic rings. The SMILES string of the molecule is CN1CCN(c2nc(Nc3ccc(Cl)cc3Cl)nc3ccccc23)CC1. The van der Waals surface area contributed by atoms with Crippen LogP contribution in [0.25, 0.3) is 10.9 Å². The molecular formula is C19H19Cl2N5. The molecule has 0 atom stereocenters. The smallest absolute Gasteiger partial charge is 0.229 e. The highest BCUT2D eigenvalue weighted by Gasteiger charge is 2.19. The zero-order chi connectivity index (χ0) is 18.1. The van der Waals surface area contributed by atoms with Gasteiger partial charge < -0.3 is 15.1 Å². The van der Waals surface area contributed by atoms with Gasteiger partial charge in [-0.25, -0.2) is 4.98 Å². The van der Waals surface area contributed by atoms with Gasteiger partial charge >= 0.3 is 0 Å². The zero-order valence-electron chi connectivity index (χ0n) is 14.4. The van der Waals surface area contributed by atoms with E-state index in [1.807, 2.05) is 24.3 Å². The highest BCUT2D eigenvalue weighted by Crippen LogP contribution is 2.30. The number of aromatic nitrogens is 2. The van der Waals surface area contributed by atoms with Crippen LogP contribution in [0.15, 0.2) is 42.5 Å². The monoisotopic (exact) mass is 387 g/mol. The third-order valence-corrected chi connectivity index (χ3v) is 5.11. The van der Waals surface area contributed by atoms with Gasteiger partial charge in [0, 0.05) is 36.6 Å². The van der Waals surface area contributed by atoms with Crippen molar-refractivity contribution in [1.82, 2.24) is 14.9 Å². The van der Waals surface area contributed by atoms with Gasteiger partial charge in [-0.1, -0.05) is 35.3 Å². The van der Waals surface area contributed by atoms with E-state index < -0.39 is 0 Å². The topological polar surface area (TPSA) is 44.3 Å². The van der Waals surface area contributed by atoms with Gasteiger partial charge in [0.25, 0.3) is 0 Å². The molecule has 5 nitrogen and oxygen atoms in total. The predicted octanol–water partition coefficient (Wildman–Crippen LogP) is 4.43. The summed E-state index contributed by atoms with van der Waals surface area (Å²) in [5.74, 6) is 1.48. The fraction of sp³-hybridized carbons (Fsp3) is 0.263. The van der Waals surface area contributed by atoms with Crippen LogP contribution in [0.2, 0.25) is 10.0 Å². The second-order valence-electron chi connectivity index (χ2n) is 6.43. The van der Waals surface area contributed by atoms with Crippen LogP contribution < -0.4 is 10.2 Å². The number of para-hydroxylation sites is 1. The first-order valence-electron chi connectivity index (χ1n) is 8.52. The minimum Gasteiger partial charge on any atom is -0.353 e. The summed E-state index contributed by atoms with van der Waals surface area (Å²) in [4.78, 5) is 14.1. The standard InChI is InChI=1S/C19H19Cl2N5/c1-25-8-10-26(11-9-25)18-14-4-2-3-5-16(14)22-19(24-18)23-17-7-6-13(20)12-15(17)21/h2-7,12H,8-11H2,1H3,(H,22,23,24). The Hall–Kier alpha value is -2.08. The summed E-state index contributed by atoms with van der Waals surface area (Å²) in [5.41, 5.74) is 1.64. The maximum atomic E-state index is 6.28. The second-order valence-corrected chi connectivity index (χ2v) is 7.27. The second kappa shape index (κ2) is 7.27. The molecule has 0 bridgehead atoms. The largest absolute Gasteiger partial charge is 0.353 e. The van der Waals surface area contributed by atoms with E-state index in [9.17, 15) is 0 Å². The van der Waals surface area contributed by atoms with Crippen LogP contribution >= 0.6 is 23.2 Å². The Kier molecular flexibility index (Phi) is 4.85. The van der Waals surface area contributed by atoms with Crippen LogP contribution in [-0.4, -0.2) is 48.1 Å². The van der Waals surface area contributed by atoms with Crippen molar-refractivity contribution in [2.75, 3.05) is 43.4 Å². The molecule has 1 aliphatic heterocycles. The van der Waals surface area contributed by atoms with Gasteiger partial charge in [0.1, 0.15) is 5.82 Å². The van der Waals surface area contributed by atoms with Crippen molar-refractivity contribution in [2.45, 2.75) is 0 Å². The molecule has 26 heavy (non-hydrogen) atoms. The van der Waals surface area contributed by atoms with Crippen LogP contribution in [0.4, 0.5) is 17.5 Å². The molecule has 0 saturated carbocycles. The average molecular weight is 388 g/mol. The van der Waals surface area contributed by atoms with E-state index in [0.29, 0.717) is 16.0 Å². The molecule has 1 fully saturated rings. The van der Waals surface area contributed by atoms with Crippen molar-refractivity contribution < 1.29 is 0 Å². The van der Waals surface area contributed by atoms with Gasteiger partial charge in [-0.2, -0.15) is 4.98 Å². The molecular weight excluding hydrogens is 369 g/mol. The molecule has 0 aliphatic carbocycles. The van der Waals surface area contributed by atoms with E-state index in [-0.39, 0.29) is 0 Å². The maximum absolute atomic E-state index is 6.28. The van der Waals surface area contributed by atoms with Crippen LogP contribution in [0.1, 0.15) is 0 Å². The summed E-state index contributed by atoms with van der Waals surface area (Å²) in [5, 5.41) is 5.42.